The molecule has 0 radical (unpaired) electrons. The van der Waals surface area contributed by atoms with Crippen molar-refractivity contribution < 1.29 is 13.2 Å². The summed E-state index contributed by atoms with van der Waals surface area (Å²) in [6.45, 7) is 4.85. The molecule has 1 aromatic carbocycles. The van der Waals surface area contributed by atoms with Gasteiger partial charge in [0.15, 0.2) is 0 Å². The maximum atomic E-state index is 12.5. The van der Waals surface area contributed by atoms with E-state index in [1.54, 1.807) is 4.90 Å². The first-order valence-electron chi connectivity index (χ1n) is 8.09. The van der Waals surface area contributed by atoms with Gasteiger partial charge in [-0.25, -0.2) is 13.2 Å². The minimum Gasteiger partial charge on any atom is -0.323 e. The number of benzene rings is 1. The topological polar surface area (TPSA) is 60.9 Å². The summed E-state index contributed by atoms with van der Waals surface area (Å²) in [6, 6.07) is 5.68. The molecule has 0 aromatic heterocycles. The van der Waals surface area contributed by atoms with Crippen LogP contribution in [0.5, 0.6) is 0 Å². The summed E-state index contributed by atoms with van der Waals surface area (Å²) >= 11 is 0. The van der Waals surface area contributed by atoms with E-state index in [4.69, 9.17) is 0 Å². The molecule has 2 aliphatic rings. The van der Waals surface area contributed by atoms with E-state index < -0.39 is 10.0 Å². The number of unbranched alkanes of at least 4 members (excludes halogenated alkanes) is 1. The van der Waals surface area contributed by atoms with Crippen molar-refractivity contribution in [1.82, 2.24) is 4.90 Å². The van der Waals surface area contributed by atoms with Crippen LogP contribution in [0.3, 0.4) is 0 Å². The molecule has 0 atom stereocenters. The highest BCUT2D eigenvalue weighted by molar-refractivity contribution is 7.92. The molecule has 1 saturated heterocycles. The van der Waals surface area contributed by atoms with Gasteiger partial charge in [-0.3, -0.25) is 9.21 Å². The summed E-state index contributed by atoms with van der Waals surface area (Å²) in [5.41, 5.74) is 2.60. The number of sulfonamides is 1. The average molecular weight is 337 g/mol. The highest BCUT2D eigenvalue weighted by atomic mass is 32.2. The Morgan fingerprint density at radius 3 is 2.65 bits per heavy atom. The fourth-order valence-electron chi connectivity index (χ4n) is 3.25. The summed E-state index contributed by atoms with van der Waals surface area (Å²) in [6.07, 6.45) is 4.01. The van der Waals surface area contributed by atoms with Gasteiger partial charge in [0.25, 0.3) is 0 Å². The SMILES string of the molecule is CCCCN1CCN(c2ccc3c(c2)CCN3S(C)(=O)=O)C1=O. The van der Waals surface area contributed by atoms with Crippen molar-refractivity contribution in [1.29, 1.82) is 0 Å². The molecule has 0 aliphatic carbocycles. The number of fused-ring (bicyclic) bond motifs is 1. The lowest BCUT2D eigenvalue weighted by atomic mass is 10.1. The molecule has 0 spiro atoms. The van der Waals surface area contributed by atoms with Gasteiger partial charge in [0, 0.05) is 31.9 Å². The van der Waals surface area contributed by atoms with Crippen molar-refractivity contribution in [2.24, 2.45) is 0 Å². The van der Waals surface area contributed by atoms with Crippen LogP contribution in [0.1, 0.15) is 25.3 Å². The highest BCUT2D eigenvalue weighted by Crippen LogP contribution is 2.34. The lowest BCUT2D eigenvalue weighted by Crippen LogP contribution is -2.32. The van der Waals surface area contributed by atoms with Crippen molar-refractivity contribution in [3.63, 3.8) is 0 Å². The van der Waals surface area contributed by atoms with E-state index in [0.717, 1.165) is 42.9 Å². The third-order valence-electron chi connectivity index (χ3n) is 4.50. The van der Waals surface area contributed by atoms with Crippen molar-refractivity contribution in [3.05, 3.63) is 23.8 Å². The van der Waals surface area contributed by atoms with Crippen LogP contribution in [-0.4, -0.2) is 51.8 Å². The zero-order valence-corrected chi connectivity index (χ0v) is 14.5. The van der Waals surface area contributed by atoms with Crippen molar-refractivity contribution in [2.45, 2.75) is 26.2 Å². The lowest BCUT2D eigenvalue weighted by molar-refractivity contribution is 0.220. The second kappa shape index (κ2) is 6.03. The van der Waals surface area contributed by atoms with Gasteiger partial charge in [-0.15, -0.1) is 0 Å². The Bertz CT molecular complexity index is 717. The Hall–Kier alpha value is -1.76. The molecule has 7 heteroatoms. The van der Waals surface area contributed by atoms with Crippen molar-refractivity contribution in [2.75, 3.05) is 41.6 Å². The quantitative estimate of drug-likeness (QED) is 0.826. The number of anilines is 2. The summed E-state index contributed by atoms with van der Waals surface area (Å²) < 4.78 is 25.0. The zero-order chi connectivity index (χ0) is 16.6. The normalized spacial score (nSPS) is 18.0. The zero-order valence-electron chi connectivity index (χ0n) is 13.7. The molecule has 126 valence electrons. The fraction of sp³-hybridized carbons (Fsp3) is 0.562. The third-order valence-corrected chi connectivity index (χ3v) is 5.68. The predicted molar refractivity (Wildman–Crippen MR) is 91.6 cm³/mol. The van der Waals surface area contributed by atoms with Crippen LogP contribution in [0, 0.1) is 0 Å². The number of nitrogens with zero attached hydrogens (tertiary/aromatic N) is 3. The van der Waals surface area contributed by atoms with E-state index in [9.17, 15) is 13.2 Å². The minimum atomic E-state index is -3.23. The molecule has 1 fully saturated rings. The number of carbonyl (C=O) groups excluding carboxylic acids is 1. The number of urea groups is 1. The molecular formula is C16H23N3O3S. The molecule has 0 saturated carbocycles. The predicted octanol–water partition coefficient (Wildman–Crippen LogP) is 2.05. The van der Waals surface area contributed by atoms with E-state index >= 15 is 0 Å². The minimum absolute atomic E-state index is 0.0522. The Morgan fingerprint density at radius 1 is 1.17 bits per heavy atom. The van der Waals surface area contributed by atoms with Crippen LogP contribution in [-0.2, 0) is 16.4 Å². The first-order valence-corrected chi connectivity index (χ1v) is 9.93. The van der Waals surface area contributed by atoms with Crippen LogP contribution >= 0.6 is 0 Å². The number of rotatable bonds is 5. The number of hydrogen-bond acceptors (Lipinski definition) is 3. The Balaban J connectivity index is 1.80. The van der Waals surface area contributed by atoms with Gasteiger partial charge < -0.3 is 4.90 Å². The molecule has 23 heavy (non-hydrogen) atoms. The maximum Gasteiger partial charge on any atom is 0.324 e. The molecule has 2 amide bonds. The van der Waals surface area contributed by atoms with Crippen molar-refractivity contribution >= 4 is 27.4 Å². The van der Waals surface area contributed by atoms with Crippen molar-refractivity contribution in [3.8, 4) is 0 Å². The van der Waals surface area contributed by atoms with E-state index in [2.05, 4.69) is 6.92 Å². The largest absolute Gasteiger partial charge is 0.324 e. The highest BCUT2D eigenvalue weighted by Gasteiger charge is 2.31. The smallest absolute Gasteiger partial charge is 0.323 e. The van der Waals surface area contributed by atoms with Crippen LogP contribution in [0.15, 0.2) is 18.2 Å². The molecule has 6 nitrogen and oxygen atoms in total. The van der Waals surface area contributed by atoms with Gasteiger partial charge in [-0.05, 0) is 36.6 Å². The van der Waals surface area contributed by atoms with Gasteiger partial charge in [0.1, 0.15) is 0 Å². The van der Waals surface area contributed by atoms with E-state index in [1.807, 2.05) is 23.1 Å². The van der Waals surface area contributed by atoms with Gasteiger partial charge in [-0.1, -0.05) is 13.3 Å². The molecule has 2 heterocycles. The maximum absolute atomic E-state index is 12.5. The number of amides is 2. The van der Waals surface area contributed by atoms with Gasteiger partial charge >= 0.3 is 6.03 Å². The van der Waals surface area contributed by atoms with Crippen LogP contribution < -0.4 is 9.21 Å². The summed E-state index contributed by atoms with van der Waals surface area (Å²) in [4.78, 5) is 16.2. The Kier molecular flexibility index (Phi) is 4.23. The summed E-state index contributed by atoms with van der Waals surface area (Å²) in [5, 5.41) is 0. The van der Waals surface area contributed by atoms with Gasteiger partial charge in [-0.2, -0.15) is 0 Å². The monoisotopic (exact) mass is 337 g/mol. The first kappa shape index (κ1) is 16.1. The standard InChI is InChI=1S/C16H23N3O3S/c1-3-4-8-17-10-11-18(16(17)20)14-5-6-15-13(12-14)7-9-19(15)23(2,21)22/h5-6,12H,3-4,7-11H2,1-2H3. The summed E-state index contributed by atoms with van der Waals surface area (Å²) in [7, 11) is -3.23. The number of hydrogen-bond donors (Lipinski definition) is 0. The molecular weight excluding hydrogens is 314 g/mol. The number of carbonyl (C=O) groups is 1. The third kappa shape index (κ3) is 3.02. The molecule has 0 N–H and O–H groups in total. The first-order chi connectivity index (χ1) is 10.9. The Morgan fingerprint density at radius 2 is 1.96 bits per heavy atom. The summed E-state index contributed by atoms with van der Waals surface area (Å²) in [5.74, 6) is 0. The average Bonchev–Trinajstić information content (AvgIpc) is 3.07. The van der Waals surface area contributed by atoms with E-state index in [0.29, 0.717) is 19.5 Å². The molecule has 0 bridgehead atoms. The van der Waals surface area contributed by atoms with Crippen LogP contribution in [0.4, 0.5) is 16.2 Å². The lowest BCUT2D eigenvalue weighted by Gasteiger charge is -2.20. The van der Waals surface area contributed by atoms with E-state index in [1.165, 1.54) is 10.6 Å². The molecule has 3 rings (SSSR count). The molecule has 0 unspecified atom stereocenters. The fourth-order valence-corrected chi connectivity index (χ4v) is 4.21. The van der Waals surface area contributed by atoms with Gasteiger partial charge in [0.05, 0.1) is 11.9 Å². The Labute approximate surface area is 137 Å². The molecule has 2 aliphatic heterocycles. The second-order valence-corrected chi connectivity index (χ2v) is 8.08. The molecule has 1 aromatic rings. The van der Waals surface area contributed by atoms with E-state index in [-0.39, 0.29) is 6.03 Å². The van der Waals surface area contributed by atoms with Crippen LogP contribution in [0.25, 0.3) is 0 Å². The second-order valence-electron chi connectivity index (χ2n) is 6.17. The van der Waals surface area contributed by atoms with Crippen LogP contribution in [0.2, 0.25) is 0 Å². The van der Waals surface area contributed by atoms with Gasteiger partial charge in [0.2, 0.25) is 10.0 Å².